The molecule has 1 amide bonds. The number of ether oxygens (including phenoxy) is 2. The first-order valence-corrected chi connectivity index (χ1v) is 15.2. The van der Waals surface area contributed by atoms with Crippen LogP contribution in [-0.2, 0) is 21.2 Å². The van der Waals surface area contributed by atoms with Crippen molar-refractivity contribution in [2.45, 2.75) is 61.9 Å². The molecule has 0 bridgehead atoms. The van der Waals surface area contributed by atoms with Crippen molar-refractivity contribution in [1.29, 1.82) is 0 Å². The van der Waals surface area contributed by atoms with Crippen molar-refractivity contribution in [1.82, 2.24) is 9.62 Å². The number of aliphatic hydroxyl groups excluding tert-OH is 1. The molecule has 0 aliphatic carbocycles. The molecule has 9 nitrogen and oxygen atoms in total. The molecule has 0 saturated heterocycles. The number of benzene rings is 2. The average molecular weight is 602 g/mol. The summed E-state index contributed by atoms with van der Waals surface area (Å²) in [6.45, 7) is 7.57. The van der Waals surface area contributed by atoms with Gasteiger partial charge in [-0.1, -0.05) is 44.2 Å². The predicted octanol–water partition coefficient (Wildman–Crippen LogP) is 3.04. The third-order valence-corrected chi connectivity index (χ3v) is 9.72. The number of thioether (sulfide) groups is 1. The number of halogens is 1. The highest BCUT2D eigenvalue weighted by atomic mass is 35.5. The third-order valence-electron chi connectivity index (χ3n) is 6.59. The number of carbonyl (C=O) groups is 1. The van der Waals surface area contributed by atoms with Crippen LogP contribution in [0.15, 0.2) is 53.4 Å². The second-order valence-corrected chi connectivity index (χ2v) is 13.8. The van der Waals surface area contributed by atoms with Gasteiger partial charge in [0.2, 0.25) is 22.7 Å². The van der Waals surface area contributed by atoms with Gasteiger partial charge < -0.3 is 25.6 Å². The summed E-state index contributed by atoms with van der Waals surface area (Å²) in [7, 11) is -3.99. The molecule has 3 atom stereocenters. The van der Waals surface area contributed by atoms with Crippen LogP contribution in [0.2, 0.25) is 0 Å². The molecule has 4 N–H and O–H groups in total. The van der Waals surface area contributed by atoms with Crippen molar-refractivity contribution in [3.63, 3.8) is 0 Å². The lowest BCUT2D eigenvalue weighted by molar-refractivity contribution is -0.124. The van der Waals surface area contributed by atoms with Gasteiger partial charge >= 0.3 is 0 Å². The average Bonchev–Trinajstić information content (AvgIpc) is 3.35. The van der Waals surface area contributed by atoms with E-state index in [0.717, 1.165) is 5.56 Å². The van der Waals surface area contributed by atoms with E-state index in [0.29, 0.717) is 17.9 Å². The number of nitrogens with two attached hydrogens (primary N) is 1. The maximum Gasteiger partial charge on any atom is 0.243 e. The number of carbonyl (C=O) groups excluding carboxylic acids is 1. The van der Waals surface area contributed by atoms with Crippen molar-refractivity contribution in [3.8, 4) is 11.5 Å². The van der Waals surface area contributed by atoms with Gasteiger partial charge in [0.05, 0.1) is 23.1 Å². The molecule has 2 aromatic rings. The Bertz CT molecular complexity index is 1200. The summed E-state index contributed by atoms with van der Waals surface area (Å²) in [6.07, 6.45) is 0.986. The number of aliphatic hydroxyl groups is 1. The monoisotopic (exact) mass is 601 g/mol. The van der Waals surface area contributed by atoms with Crippen LogP contribution in [0.1, 0.15) is 33.3 Å². The Morgan fingerprint density at radius 3 is 2.38 bits per heavy atom. The Hall–Kier alpha value is -2.02. The molecule has 218 valence electrons. The number of amides is 1. The van der Waals surface area contributed by atoms with Crippen molar-refractivity contribution in [2.24, 2.45) is 11.7 Å². The SMILES string of the molecule is CSC(C)(C)[C@H](N)C(=O)N[C@@H](Cc1ccccc1)[C@H](O)CN(CC(C)C)S(=O)(=O)c1ccc2c(c1)OCO2.Cl. The van der Waals surface area contributed by atoms with Crippen LogP contribution in [0.3, 0.4) is 0 Å². The Morgan fingerprint density at radius 2 is 1.77 bits per heavy atom. The summed E-state index contributed by atoms with van der Waals surface area (Å²) in [4.78, 5) is 13.2. The Morgan fingerprint density at radius 1 is 1.13 bits per heavy atom. The van der Waals surface area contributed by atoms with E-state index in [1.807, 2.05) is 64.3 Å². The molecule has 0 saturated carbocycles. The number of sulfonamides is 1. The molecule has 3 rings (SSSR count). The Kier molecular flexibility index (Phi) is 12.0. The first-order valence-electron chi connectivity index (χ1n) is 12.6. The molecule has 39 heavy (non-hydrogen) atoms. The van der Waals surface area contributed by atoms with Gasteiger partial charge in [0.25, 0.3) is 0 Å². The maximum absolute atomic E-state index is 13.7. The smallest absolute Gasteiger partial charge is 0.243 e. The fourth-order valence-electron chi connectivity index (χ4n) is 4.07. The maximum atomic E-state index is 13.7. The van der Waals surface area contributed by atoms with Crippen LogP contribution >= 0.6 is 24.2 Å². The Balaban J connectivity index is 0.00000533. The first kappa shape index (κ1) is 33.2. The van der Waals surface area contributed by atoms with Crippen LogP contribution in [0.25, 0.3) is 0 Å². The lowest BCUT2D eigenvalue weighted by Crippen LogP contribution is -2.58. The zero-order valence-electron chi connectivity index (χ0n) is 23.0. The number of hydrogen-bond donors (Lipinski definition) is 3. The minimum absolute atomic E-state index is 0. The molecule has 12 heteroatoms. The lowest BCUT2D eigenvalue weighted by Gasteiger charge is -2.33. The normalized spacial score (nSPS) is 15.5. The van der Waals surface area contributed by atoms with Crippen LogP contribution < -0.4 is 20.5 Å². The number of rotatable bonds is 13. The van der Waals surface area contributed by atoms with Gasteiger partial charge in [-0.3, -0.25) is 4.79 Å². The molecule has 1 aliphatic rings. The Labute approximate surface area is 242 Å². The van der Waals surface area contributed by atoms with Gasteiger partial charge in [0.15, 0.2) is 11.5 Å². The van der Waals surface area contributed by atoms with Crippen molar-refractivity contribution in [2.75, 3.05) is 26.1 Å². The topological polar surface area (TPSA) is 131 Å². The van der Waals surface area contributed by atoms with E-state index in [9.17, 15) is 18.3 Å². The quantitative estimate of drug-likeness (QED) is 0.319. The molecule has 1 aliphatic heterocycles. The second kappa shape index (κ2) is 14.0. The largest absolute Gasteiger partial charge is 0.454 e. The van der Waals surface area contributed by atoms with Gasteiger partial charge in [-0.25, -0.2) is 8.42 Å². The number of nitrogens with one attached hydrogen (secondary N) is 1. The molecule has 0 unspecified atom stereocenters. The van der Waals surface area contributed by atoms with Gasteiger partial charge in [-0.05, 0) is 50.1 Å². The second-order valence-electron chi connectivity index (χ2n) is 10.4. The van der Waals surface area contributed by atoms with E-state index in [-0.39, 0.29) is 43.1 Å². The lowest BCUT2D eigenvalue weighted by atomic mass is 9.98. The molecule has 0 fully saturated rings. The minimum Gasteiger partial charge on any atom is -0.454 e. The highest BCUT2D eigenvalue weighted by Crippen LogP contribution is 2.35. The van der Waals surface area contributed by atoms with Gasteiger partial charge in [0.1, 0.15) is 0 Å². The van der Waals surface area contributed by atoms with E-state index < -0.39 is 38.9 Å². The molecule has 1 heterocycles. The highest BCUT2D eigenvalue weighted by molar-refractivity contribution is 8.00. The molecule has 0 spiro atoms. The summed E-state index contributed by atoms with van der Waals surface area (Å²) in [5.74, 6) is 0.424. The molecular formula is C27H40ClN3O6S2. The fourth-order valence-corrected chi connectivity index (χ4v) is 6.07. The van der Waals surface area contributed by atoms with Crippen molar-refractivity contribution >= 4 is 40.1 Å². The van der Waals surface area contributed by atoms with Crippen molar-refractivity contribution < 1.29 is 27.8 Å². The van der Waals surface area contributed by atoms with Crippen LogP contribution in [0.4, 0.5) is 0 Å². The molecule has 0 radical (unpaired) electrons. The summed E-state index contributed by atoms with van der Waals surface area (Å²) in [6, 6.07) is 12.3. The van der Waals surface area contributed by atoms with Crippen molar-refractivity contribution in [3.05, 3.63) is 54.1 Å². The molecular weight excluding hydrogens is 562 g/mol. The summed E-state index contributed by atoms with van der Waals surface area (Å²) >= 11 is 1.47. The van der Waals surface area contributed by atoms with E-state index in [4.69, 9.17) is 15.2 Å². The van der Waals surface area contributed by atoms with Gasteiger partial charge in [-0.15, -0.1) is 12.4 Å². The summed E-state index contributed by atoms with van der Waals surface area (Å²) in [5, 5.41) is 14.3. The zero-order valence-corrected chi connectivity index (χ0v) is 25.4. The molecule has 2 aromatic carbocycles. The van der Waals surface area contributed by atoms with Gasteiger partial charge in [0, 0.05) is 23.9 Å². The fraction of sp³-hybridized carbons (Fsp3) is 0.519. The predicted molar refractivity (Wildman–Crippen MR) is 157 cm³/mol. The summed E-state index contributed by atoms with van der Waals surface area (Å²) in [5.41, 5.74) is 7.15. The van der Waals surface area contributed by atoms with E-state index in [1.54, 1.807) is 6.07 Å². The zero-order chi connectivity index (χ0) is 28.1. The van der Waals surface area contributed by atoms with Crippen LogP contribution in [0, 0.1) is 5.92 Å². The van der Waals surface area contributed by atoms with Crippen LogP contribution in [0.5, 0.6) is 11.5 Å². The first-order chi connectivity index (χ1) is 17.8. The van der Waals surface area contributed by atoms with E-state index in [1.165, 1.54) is 28.2 Å². The van der Waals surface area contributed by atoms with E-state index >= 15 is 0 Å². The van der Waals surface area contributed by atoms with Gasteiger partial charge in [-0.2, -0.15) is 16.1 Å². The van der Waals surface area contributed by atoms with Crippen LogP contribution in [-0.4, -0.2) is 72.8 Å². The number of fused-ring (bicyclic) bond motifs is 1. The number of hydrogen-bond acceptors (Lipinski definition) is 8. The number of nitrogens with zero attached hydrogens (tertiary/aromatic N) is 1. The highest BCUT2D eigenvalue weighted by Gasteiger charge is 2.36. The molecule has 0 aromatic heterocycles. The third kappa shape index (κ3) is 8.48. The minimum atomic E-state index is -3.99. The standard InChI is InChI=1S/C27H39N3O6S2.ClH/c1-18(2)15-30(38(33,34)20-11-12-23-24(14-20)36-17-35-23)16-22(31)21(13-19-9-7-6-8-10-19)29-26(32)25(28)27(3,4)37-5;/h6-12,14,18,21-22,25,31H,13,15-17,28H2,1-5H3,(H,29,32);1H/t21-,22+,25+;/m0./s1. The van der Waals surface area contributed by atoms with E-state index in [2.05, 4.69) is 5.32 Å². The summed E-state index contributed by atoms with van der Waals surface area (Å²) < 4.78 is 38.8.